The minimum absolute atomic E-state index is 0.0552. The fourth-order valence-electron chi connectivity index (χ4n) is 3.12. The Morgan fingerprint density at radius 2 is 2.10 bits per heavy atom. The highest BCUT2D eigenvalue weighted by molar-refractivity contribution is 6.00. The zero-order chi connectivity index (χ0) is 14.9. The third-order valence-corrected chi connectivity index (χ3v) is 4.32. The second-order valence-electron chi connectivity index (χ2n) is 5.76. The van der Waals surface area contributed by atoms with Crippen LogP contribution < -0.4 is 0 Å². The maximum atomic E-state index is 12.5. The predicted octanol–water partition coefficient (Wildman–Crippen LogP) is 2.57. The number of nitrogens with zero attached hydrogens (tertiary/aromatic N) is 2. The summed E-state index contributed by atoms with van der Waals surface area (Å²) in [5, 5.41) is 0. The zero-order valence-corrected chi connectivity index (χ0v) is 12.9. The molecule has 1 atom stereocenters. The van der Waals surface area contributed by atoms with Gasteiger partial charge in [0.2, 0.25) is 5.91 Å². The summed E-state index contributed by atoms with van der Waals surface area (Å²) in [6, 6.07) is 1.94. The molecule has 0 bridgehead atoms. The van der Waals surface area contributed by atoms with Gasteiger partial charge in [0.1, 0.15) is 0 Å². The number of ketones is 1. The highest BCUT2D eigenvalue weighted by Gasteiger charge is 2.27. The Morgan fingerprint density at radius 3 is 2.70 bits per heavy atom. The normalized spacial score (nSPS) is 19.5. The van der Waals surface area contributed by atoms with Crippen molar-refractivity contribution in [3.63, 3.8) is 0 Å². The van der Waals surface area contributed by atoms with Crippen LogP contribution in [0, 0.1) is 19.8 Å². The molecule has 1 amide bonds. The van der Waals surface area contributed by atoms with Gasteiger partial charge < -0.3 is 9.47 Å². The van der Waals surface area contributed by atoms with Gasteiger partial charge in [-0.05, 0) is 39.7 Å². The van der Waals surface area contributed by atoms with Crippen LogP contribution in [0.15, 0.2) is 6.07 Å². The van der Waals surface area contributed by atoms with Crippen LogP contribution in [0.1, 0.15) is 48.4 Å². The van der Waals surface area contributed by atoms with Crippen LogP contribution in [-0.4, -0.2) is 34.2 Å². The number of piperidine rings is 1. The van der Waals surface area contributed by atoms with Gasteiger partial charge in [-0.2, -0.15) is 0 Å². The molecule has 0 aromatic carbocycles. The van der Waals surface area contributed by atoms with E-state index in [1.54, 1.807) is 4.90 Å². The van der Waals surface area contributed by atoms with Crippen LogP contribution in [0.3, 0.4) is 0 Å². The van der Waals surface area contributed by atoms with E-state index in [1.165, 1.54) is 0 Å². The Labute approximate surface area is 120 Å². The number of hydrogen-bond donors (Lipinski definition) is 0. The molecule has 2 heterocycles. The van der Waals surface area contributed by atoms with Crippen LogP contribution in [0.2, 0.25) is 0 Å². The summed E-state index contributed by atoms with van der Waals surface area (Å²) in [5.41, 5.74) is 2.87. The monoisotopic (exact) mass is 276 g/mol. The van der Waals surface area contributed by atoms with E-state index >= 15 is 0 Å². The third-order valence-electron chi connectivity index (χ3n) is 4.32. The highest BCUT2D eigenvalue weighted by Crippen LogP contribution is 2.20. The molecule has 4 nitrogen and oxygen atoms in total. The highest BCUT2D eigenvalue weighted by atomic mass is 16.2. The molecule has 20 heavy (non-hydrogen) atoms. The van der Waals surface area contributed by atoms with Crippen LogP contribution in [0.5, 0.6) is 0 Å². The number of aryl methyl sites for hydroxylation is 1. The summed E-state index contributed by atoms with van der Waals surface area (Å²) in [4.78, 5) is 26.3. The average molecular weight is 276 g/mol. The van der Waals surface area contributed by atoms with Crippen molar-refractivity contribution < 1.29 is 9.59 Å². The molecule has 110 valence electrons. The van der Waals surface area contributed by atoms with Gasteiger partial charge in [0, 0.05) is 36.0 Å². The Kier molecular flexibility index (Phi) is 4.31. The van der Waals surface area contributed by atoms with Crippen molar-refractivity contribution in [1.82, 2.24) is 9.47 Å². The van der Waals surface area contributed by atoms with Crippen LogP contribution >= 0.6 is 0 Å². The quantitative estimate of drug-likeness (QED) is 0.793. The van der Waals surface area contributed by atoms with Crippen molar-refractivity contribution in [3.05, 3.63) is 23.0 Å². The standard InChI is InChI=1S/C16H24N2O2/c1-5-18-12(3)9-14(13(18)4)15(19)10-17-8-6-7-11(2)16(17)20/h9,11H,5-8,10H2,1-4H3. The summed E-state index contributed by atoms with van der Waals surface area (Å²) in [5.74, 6) is 0.230. The number of hydrogen-bond acceptors (Lipinski definition) is 2. The van der Waals surface area contributed by atoms with Crippen molar-refractivity contribution in [3.8, 4) is 0 Å². The minimum atomic E-state index is 0.0552. The first kappa shape index (κ1) is 14.8. The lowest BCUT2D eigenvalue weighted by atomic mass is 9.98. The molecule has 4 heteroatoms. The number of aromatic nitrogens is 1. The summed E-state index contributed by atoms with van der Waals surface area (Å²) in [7, 11) is 0. The molecular formula is C16H24N2O2. The number of amides is 1. The molecule has 1 fully saturated rings. The predicted molar refractivity (Wildman–Crippen MR) is 78.9 cm³/mol. The van der Waals surface area contributed by atoms with Gasteiger partial charge in [-0.15, -0.1) is 0 Å². The third kappa shape index (κ3) is 2.65. The molecular weight excluding hydrogens is 252 g/mol. The number of rotatable bonds is 4. The molecule has 0 aliphatic carbocycles. The van der Waals surface area contributed by atoms with E-state index in [4.69, 9.17) is 0 Å². The van der Waals surface area contributed by atoms with Crippen LogP contribution in [-0.2, 0) is 11.3 Å². The summed E-state index contributed by atoms with van der Waals surface area (Å²) >= 11 is 0. The molecule has 1 unspecified atom stereocenters. The van der Waals surface area contributed by atoms with Gasteiger partial charge in [0.25, 0.3) is 0 Å². The lowest BCUT2D eigenvalue weighted by Gasteiger charge is -2.30. The van der Waals surface area contributed by atoms with Crippen LogP contribution in [0.25, 0.3) is 0 Å². The first-order valence-electron chi connectivity index (χ1n) is 7.44. The Bertz CT molecular complexity index is 531. The molecule has 1 aliphatic rings. The second kappa shape index (κ2) is 5.81. The van der Waals surface area contributed by atoms with Crippen molar-refractivity contribution >= 4 is 11.7 Å². The summed E-state index contributed by atoms with van der Waals surface area (Å²) < 4.78 is 2.13. The maximum absolute atomic E-state index is 12.5. The van der Waals surface area contributed by atoms with E-state index in [0.717, 1.165) is 36.3 Å². The first-order chi connectivity index (χ1) is 9.45. The lowest BCUT2D eigenvalue weighted by Crippen LogP contribution is -2.43. The number of carbonyl (C=O) groups excluding carboxylic acids is 2. The Hall–Kier alpha value is -1.58. The minimum Gasteiger partial charge on any atom is -0.349 e. The summed E-state index contributed by atoms with van der Waals surface area (Å²) in [6.45, 7) is 9.81. The molecule has 2 rings (SSSR count). The van der Waals surface area contributed by atoms with E-state index < -0.39 is 0 Å². The van der Waals surface area contributed by atoms with E-state index in [0.29, 0.717) is 6.54 Å². The average Bonchev–Trinajstić information content (AvgIpc) is 2.70. The smallest absolute Gasteiger partial charge is 0.225 e. The first-order valence-corrected chi connectivity index (χ1v) is 7.44. The van der Waals surface area contributed by atoms with Gasteiger partial charge in [-0.25, -0.2) is 0 Å². The van der Waals surface area contributed by atoms with Gasteiger partial charge >= 0.3 is 0 Å². The van der Waals surface area contributed by atoms with Gasteiger partial charge in [0.05, 0.1) is 6.54 Å². The molecule has 1 saturated heterocycles. The van der Waals surface area contributed by atoms with Gasteiger partial charge in [-0.1, -0.05) is 6.92 Å². The maximum Gasteiger partial charge on any atom is 0.225 e. The van der Waals surface area contributed by atoms with Gasteiger partial charge in [-0.3, -0.25) is 9.59 Å². The van der Waals surface area contributed by atoms with E-state index in [2.05, 4.69) is 11.5 Å². The fourth-order valence-corrected chi connectivity index (χ4v) is 3.12. The Balaban J connectivity index is 2.14. The molecule has 1 aromatic heterocycles. The van der Waals surface area contributed by atoms with E-state index in [9.17, 15) is 9.59 Å². The topological polar surface area (TPSA) is 42.3 Å². The molecule has 0 saturated carbocycles. The molecule has 0 N–H and O–H groups in total. The molecule has 1 aromatic rings. The van der Waals surface area contributed by atoms with Crippen molar-refractivity contribution in [2.24, 2.45) is 5.92 Å². The number of Topliss-reactive ketones (excluding diaryl/α,β-unsaturated/α-hetero) is 1. The molecule has 0 spiro atoms. The molecule has 0 radical (unpaired) electrons. The van der Waals surface area contributed by atoms with Gasteiger partial charge in [0.15, 0.2) is 5.78 Å². The number of carbonyl (C=O) groups is 2. The second-order valence-corrected chi connectivity index (χ2v) is 5.76. The van der Waals surface area contributed by atoms with Crippen molar-refractivity contribution in [2.75, 3.05) is 13.1 Å². The lowest BCUT2D eigenvalue weighted by molar-refractivity contribution is -0.137. The van der Waals surface area contributed by atoms with Crippen LogP contribution in [0.4, 0.5) is 0 Å². The SMILES string of the molecule is CCn1c(C)cc(C(=O)CN2CCCC(C)C2=O)c1C. The van der Waals surface area contributed by atoms with E-state index in [1.807, 2.05) is 26.8 Å². The summed E-state index contributed by atoms with van der Waals surface area (Å²) in [6.07, 6.45) is 1.93. The van der Waals surface area contributed by atoms with Crippen molar-refractivity contribution in [1.29, 1.82) is 0 Å². The Morgan fingerprint density at radius 1 is 1.40 bits per heavy atom. The molecule has 1 aliphatic heterocycles. The fraction of sp³-hybridized carbons (Fsp3) is 0.625. The number of likely N-dealkylation sites (tertiary alicyclic amines) is 1. The van der Waals surface area contributed by atoms with Crippen molar-refractivity contribution in [2.45, 2.75) is 47.1 Å². The largest absolute Gasteiger partial charge is 0.349 e. The van der Waals surface area contributed by atoms with E-state index in [-0.39, 0.29) is 24.2 Å². The zero-order valence-electron chi connectivity index (χ0n) is 12.9.